The first-order valence-electron chi connectivity index (χ1n) is 4.11. The Bertz CT molecular complexity index is 172. The van der Waals surface area contributed by atoms with Crippen molar-refractivity contribution in [1.82, 2.24) is 4.90 Å². The number of piperidine rings is 1. The molecule has 4 heteroatoms. The topological polar surface area (TPSA) is 49.8 Å². The number of methoxy groups -OCH3 is 1. The molecule has 1 saturated heterocycles. The van der Waals surface area contributed by atoms with Gasteiger partial charge in [-0.15, -0.1) is 0 Å². The lowest BCUT2D eigenvalue weighted by atomic mass is 10.0. The molecule has 0 saturated carbocycles. The highest BCUT2D eigenvalue weighted by Crippen LogP contribution is 2.16. The highest BCUT2D eigenvalue weighted by atomic mass is 16.5. The summed E-state index contributed by atoms with van der Waals surface area (Å²) < 4.78 is 4.62. The Morgan fingerprint density at radius 1 is 1.67 bits per heavy atom. The van der Waals surface area contributed by atoms with Crippen LogP contribution in [-0.2, 0) is 9.53 Å². The summed E-state index contributed by atoms with van der Waals surface area (Å²) in [5, 5.41) is 9.31. The number of aliphatic hydroxyl groups excluding tert-OH is 1. The summed E-state index contributed by atoms with van der Waals surface area (Å²) in [7, 11) is 3.24. The van der Waals surface area contributed by atoms with Gasteiger partial charge in [-0.05, 0) is 19.9 Å². The van der Waals surface area contributed by atoms with Gasteiger partial charge in [0.2, 0.25) is 0 Å². The van der Waals surface area contributed by atoms with Gasteiger partial charge in [0.15, 0.2) is 0 Å². The third kappa shape index (κ3) is 1.95. The lowest BCUT2D eigenvalue weighted by molar-refractivity contribution is -0.149. The molecule has 0 bridgehead atoms. The lowest BCUT2D eigenvalue weighted by Gasteiger charge is -2.32. The highest BCUT2D eigenvalue weighted by molar-refractivity contribution is 5.75. The number of likely N-dealkylation sites (tertiary alicyclic amines) is 1. The van der Waals surface area contributed by atoms with E-state index in [1.54, 1.807) is 0 Å². The number of nitrogens with zero attached hydrogens (tertiary/aromatic N) is 1. The second-order valence-electron chi connectivity index (χ2n) is 3.20. The summed E-state index contributed by atoms with van der Waals surface area (Å²) in [6.45, 7) is 0.751. The van der Waals surface area contributed by atoms with Crippen LogP contribution in [0.4, 0.5) is 0 Å². The van der Waals surface area contributed by atoms with Gasteiger partial charge in [0, 0.05) is 6.54 Å². The fraction of sp³-hybridized carbons (Fsp3) is 0.875. The first kappa shape index (κ1) is 9.48. The second-order valence-corrected chi connectivity index (χ2v) is 3.20. The fourth-order valence-electron chi connectivity index (χ4n) is 1.48. The Kier molecular flexibility index (Phi) is 3.05. The van der Waals surface area contributed by atoms with Crippen molar-refractivity contribution in [3.8, 4) is 0 Å². The molecule has 0 unspecified atom stereocenters. The third-order valence-electron chi connectivity index (χ3n) is 2.32. The maximum Gasteiger partial charge on any atom is 0.323 e. The van der Waals surface area contributed by atoms with E-state index >= 15 is 0 Å². The maximum absolute atomic E-state index is 11.1. The van der Waals surface area contributed by atoms with Crippen LogP contribution in [0.3, 0.4) is 0 Å². The third-order valence-corrected chi connectivity index (χ3v) is 2.32. The van der Waals surface area contributed by atoms with Crippen molar-refractivity contribution in [3.05, 3.63) is 0 Å². The van der Waals surface area contributed by atoms with Crippen LogP contribution in [-0.4, -0.2) is 48.8 Å². The summed E-state index contributed by atoms with van der Waals surface area (Å²) in [4.78, 5) is 13.1. The number of ether oxygens (including phenoxy) is 1. The number of carbonyl (C=O) groups excluding carboxylic acids is 1. The lowest BCUT2D eigenvalue weighted by Crippen LogP contribution is -2.46. The molecule has 0 spiro atoms. The summed E-state index contributed by atoms with van der Waals surface area (Å²) in [6, 6.07) is -0.265. The molecule has 1 aliphatic rings. The predicted octanol–water partition coefficient (Wildman–Crippen LogP) is -0.386. The number of esters is 1. The molecule has 0 aromatic carbocycles. The zero-order valence-electron chi connectivity index (χ0n) is 7.49. The molecule has 1 fully saturated rings. The van der Waals surface area contributed by atoms with Crippen molar-refractivity contribution in [3.63, 3.8) is 0 Å². The van der Waals surface area contributed by atoms with E-state index in [1.165, 1.54) is 7.11 Å². The molecule has 12 heavy (non-hydrogen) atoms. The molecule has 1 heterocycles. The minimum atomic E-state index is -0.356. The van der Waals surface area contributed by atoms with Gasteiger partial charge in [-0.3, -0.25) is 9.69 Å². The SMILES string of the molecule is COC(=O)[C@@H]1C[C@H](O)CCN1C. The van der Waals surface area contributed by atoms with E-state index in [2.05, 4.69) is 4.74 Å². The molecule has 4 nitrogen and oxygen atoms in total. The molecule has 0 aromatic rings. The molecular formula is C8H15NO3. The van der Waals surface area contributed by atoms with Crippen LogP contribution in [0.25, 0.3) is 0 Å². The molecule has 0 aliphatic carbocycles. The molecule has 0 radical (unpaired) electrons. The standard InChI is InChI=1S/C8H15NO3/c1-9-4-3-6(10)5-7(9)8(11)12-2/h6-7,10H,3-5H2,1-2H3/t6-,7+/m1/s1. The van der Waals surface area contributed by atoms with Gasteiger partial charge in [-0.1, -0.05) is 0 Å². The molecule has 1 aliphatic heterocycles. The molecule has 0 amide bonds. The molecule has 2 atom stereocenters. The number of rotatable bonds is 1. The Balaban J connectivity index is 2.54. The predicted molar refractivity (Wildman–Crippen MR) is 43.7 cm³/mol. The van der Waals surface area contributed by atoms with Crippen LogP contribution < -0.4 is 0 Å². The normalized spacial score (nSPS) is 31.6. The van der Waals surface area contributed by atoms with Crippen LogP contribution in [0.2, 0.25) is 0 Å². The average Bonchev–Trinajstić information content (AvgIpc) is 2.08. The number of aliphatic hydroxyl groups is 1. The minimum absolute atomic E-state index is 0.253. The minimum Gasteiger partial charge on any atom is -0.468 e. The highest BCUT2D eigenvalue weighted by Gasteiger charge is 2.30. The van der Waals surface area contributed by atoms with Gasteiger partial charge in [0.05, 0.1) is 13.2 Å². The monoisotopic (exact) mass is 173 g/mol. The zero-order valence-corrected chi connectivity index (χ0v) is 7.49. The quantitative estimate of drug-likeness (QED) is 0.549. The van der Waals surface area contributed by atoms with Crippen molar-refractivity contribution in [2.75, 3.05) is 20.7 Å². The smallest absolute Gasteiger partial charge is 0.323 e. The van der Waals surface area contributed by atoms with E-state index in [0.29, 0.717) is 6.42 Å². The molecular weight excluding hydrogens is 158 g/mol. The number of hydrogen-bond acceptors (Lipinski definition) is 4. The van der Waals surface area contributed by atoms with Crippen LogP contribution in [0.15, 0.2) is 0 Å². The first-order valence-corrected chi connectivity index (χ1v) is 4.11. The van der Waals surface area contributed by atoms with Crippen molar-refractivity contribution in [1.29, 1.82) is 0 Å². The van der Waals surface area contributed by atoms with Crippen molar-refractivity contribution < 1.29 is 14.6 Å². The summed E-state index contributed by atoms with van der Waals surface area (Å²) >= 11 is 0. The largest absolute Gasteiger partial charge is 0.468 e. The average molecular weight is 173 g/mol. The van der Waals surface area contributed by atoms with Gasteiger partial charge < -0.3 is 9.84 Å². The van der Waals surface area contributed by atoms with E-state index < -0.39 is 0 Å². The zero-order chi connectivity index (χ0) is 9.14. The van der Waals surface area contributed by atoms with Crippen LogP contribution in [0.1, 0.15) is 12.8 Å². The summed E-state index contributed by atoms with van der Waals surface area (Å²) in [6.07, 6.45) is 0.873. The Labute approximate surface area is 72.1 Å². The molecule has 1 rings (SSSR count). The first-order chi connectivity index (χ1) is 5.65. The van der Waals surface area contributed by atoms with Crippen molar-refractivity contribution in [2.45, 2.75) is 25.0 Å². The van der Waals surface area contributed by atoms with Gasteiger partial charge in [-0.25, -0.2) is 0 Å². The van der Waals surface area contributed by atoms with Gasteiger partial charge >= 0.3 is 5.97 Å². The summed E-state index contributed by atoms with van der Waals surface area (Å²) in [5.41, 5.74) is 0. The Morgan fingerprint density at radius 2 is 2.33 bits per heavy atom. The fourth-order valence-corrected chi connectivity index (χ4v) is 1.48. The number of carbonyl (C=O) groups is 1. The second kappa shape index (κ2) is 3.87. The Morgan fingerprint density at radius 3 is 2.92 bits per heavy atom. The van der Waals surface area contributed by atoms with E-state index in [-0.39, 0.29) is 18.1 Å². The van der Waals surface area contributed by atoms with E-state index in [9.17, 15) is 9.90 Å². The van der Waals surface area contributed by atoms with E-state index in [4.69, 9.17) is 0 Å². The van der Waals surface area contributed by atoms with E-state index in [0.717, 1.165) is 13.0 Å². The van der Waals surface area contributed by atoms with Gasteiger partial charge in [-0.2, -0.15) is 0 Å². The van der Waals surface area contributed by atoms with Crippen molar-refractivity contribution in [2.24, 2.45) is 0 Å². The van der Waals surface area contributed by atoms with Crippen molar-refractivity contribution >= 4 is 5.97 Å². The maximum atomic E-state index is 11.1. The van der Waals surface area contributed by atoms with Crippen LogP contribution >= 0.6 is 0 Å². The molecule has 0 aromatic heterocycles. The molecule has 70 valence electrons. The Hall–Kier alpha value is -0.610. The molecule has 1 N–H and O–H groups in total. The van der Waals surface area contributed by atoms with E-state index in [1.807, 2.05) is 11.9 Å². The number of likely N-dealkylation sites (N-methyl/N-ethyl adjacent to an activating group) is 1. The summed E-state index contributed by atoms with van der Waals surface area (Å²) in [5.74, 6) is -0.253. The van der Waals surface area contributed by atoms with Gasteiger partial charge in [0.25, 0.3) is 0 Å². The van der Waals surface area contributed by atoms with Crippen LogP contribution in [0.5, 0.6) is 0 Å². The van der Waals surface area contributed by atoms with Crippen LogP contribution in [0, 0.1) is 0 Å². The van der Waals surface area contributed by atoms with Gasteiger partial charge in [0.1, 0.15) is 6.04 Å². The number of hydrogen-bond donors (Lipinski definition) is 1.